The molecule has 1 saturated heterocycles. The van der Waals surface area contributed by atoms with Crippen molar-refractivity contribution in [2.24, 2.45) is 11.8 Å². The summed E-state index contributed by atoms with van der Waals surface area (Å²) < 4.78 is 0. The molecule has 0 aromatic carbocycles. The highest BCUT2D eigenvalue weighted by atomic mass is 16.4. The zero-order valence-electron chi connectivity index (χ0n) is 7.85. The fourth-order valence-electron chi connectivity index (χ4n) is 2.50. The Morgan fingerprint density at radius 1 is 1.43 bits per heavy atom. The molecule has 4 heteroatoms. The summed E-state index contributed by atoms with van der Waals surface area (Å²) >= 11 is 0. The molecule has 14 heavy (non-hydrogen) atoms. The number of amides is 1. The smallest absolute Gasteiger partial charge is 0.326 e. The van der Waals surface area contributed by atoms with Gasteiger partial charge in [-0.2, -0.15) is 0 Å². The van der Waals surface area contributed by atoms with E-state index < -0.39 is 12.0 Å². The molecule has 1 aliphatic heterocycles. The van der Waals surface area contributed by atoms with Gasteiger partial charge >= 0.3 is 5.97 Å². The van der Waals surface area contributed by atoms with Gasteiger partial charge in [0.25, 0.3) is 0 Å². The third-order valence-electron chi connectivity index (χ3n) is 3.36. The Hall–Kier alpha value is -1.32. The second kappa shape index (κ2) is 3.12. The second-order valence-electron chi connectivity index (χ2n) is 3.98. The minimum Gasteiger partial charge on any atom is -0.480 e. The van der Waals surface area contributed by atoms with E-state index in [4.69, 9.17) is 5.11 Å². The van der Waals surface area contributed by atoms with Gasteiger partial charge < -0.3 is 10.0 Å². The summed E-state index contributed by atoms with van der Waals surface area (Å²) in [5, 5.41) is 9.02. The van der Waals surface area contributed by atoms with Crippen molar-refractivity contribution in [2.75, 3.05) is 6.54 Å². The predicted octanol–water partition coefficient (Wildman–Crippen LogP) is 0.494. The topological polar surface area (TPSA) is 57.6 Å². The predicted molar refractivity (Wildman–Crippen MR) is 49.5 cm³/mol. The van der Waals surface area contributed by atoms with Gasteiger partial charge in [0.1, 0.15) is 6.04 Å². The van der Waals surface area contributed by atoms with Crippen molar-refractivity contribution in [2.45, 2.75) is 18.9 Å². The zero-order chi connectivity index (χ0) is 10.3. The quantitative estimate of drug-likeness (QED) is 0.652. The van der Waals surface area contributed by atoms with E-state index in [9.17, 15) is 9.59 Å². The number of carboxylic acid groups (broad SMARTS) is 1. The number of nitrogens with zero attached hydrogens (tertiary/aromatic N) is 1. The molecule has 1 N–H and O–H groups in total. The highest BCUT2D eigenvalue weighted by Gasteiger charge is 2.51. The van der Waals surface area contributed by atoms with Gasteiger partial charge in [-0.15, -0.1) is 0 Å². The van der Waals surface area contributed by atoms with Crippen LogP contribution in [0.5, 0.6) is 0 Å². The van der Waals surface area contributed by atoms with Gasteiger partial charge in [0.2, 0.25) is 5.91 Å². The average molecular weight is 195 g/mol. The molecule has 0 aromatic heterocycles. The van der Waals surface area contributed by atoms with E-state index in [1.54, 1.807) is 0 Å². The Bertz CT molecular complexity index is 300. The largest absolute Gasteiger partial charge is 0.480 e. The minimum absolute atomic E-state index is 0.177. The van der Waals surface area contributed by atoms with Crippen LogP contribution in [0.1, 0.15) is 12.8 Å². The fourth-order valence-corrected chi connectivity index (χ4v) is 2.50. The number of hydrogen-bond acceptors (Lipinski definition) is 2. The molecule has 1 heterocycles. The monoisotopic (exact) mass is 195 g/mol. The molecular weight excluding hydrogens is 182 g/mol. The van der Waals surface area contributed by atoms with E-state index in [1.165, 1.54) is 11.0 Å². The van der Waals surface area contributed by atoms with Crippen LogP contribution in [0.3, 0.4) is 0 Å². The van der Waals surface area contributed by atoms with Gasteiger partial charge in [-0.05, 0) is 30.8 Å². The summed E-state index contributed by atoms with van der Waals surface area (Å²) in [5.41, 5.74) is 0. The van der Waals surface area contributed by atoms with Crippen LogP contribution in [0.2, 0.25) is 0 Å². The number of rotatable bonds is 2. The minimum atomic E-state index is -0.882. The van der Waals surface area contributed by atoms with Gasteiger partial charge in [-0.1, -0.05) is 6.58 Å². The zero-order valence-corrected chi connectivity index (χ0v) is 7.85. The van der Waals surface area contributed by atoms with E-state index in [0.29, 0.717) is 12.5 Å². The highest BCUT2D eigenvalue weighted by molar-refractivity contribution is 5.91. The third kappa shape index (κ3) is 1.14. The van der Waals surface area contributed by atoms with Crippen molar-refractivity contribution in [3.63, 3.8) is 0 Å². The van der Waals surface area contributed by atoms with Gasteiger partial charge in [-0.3, -0.25) is 4.79 Å². The van der Waals surface area contributed by atoms with Crippen molar-refractivity contribution in [3.05, 3.63) is 12.7 Å². The van der Waals surface area contributed by atoms with Gasteiger partial charge in [0.05, 0.1) is 0 Å². The van der Waals surface area contributed by atoms with Crippen molar-refractivity contribution < 1.29 is 14.7 Å². The normalized spacial score (nSPS) is 34.6. The van der Waals surface area contributed by atoms with Crippen LogP contribution in [0.25, 0.3) is 0 Å². The molecule has 0 bridgehead atoms. The third-order valence-corrected chi connectivity index (χ3v) is 3.36. The number of carbonyl (C=O) groups is 2. The van der Waals surface area contributed by atoms with Crippen LogP contribution in [-0.2, 0) is 9.59 Å². The molecule has 2 rings (SSSR count). The maximum absolute atomic E-state index is 11.4. The summed E-state index contributed by atoms with van der Waals surface area (Å²) in [7, 11) is 0. The van der Waals surface area contributed by atoms with E-state index in [2.05, 4.69) is 6.58 Å². The van der Waals surface area contributed by atoms with Crippen LogP contribution >= 0.6 is 0 Å². The first-order valence-corrected chi connectivity index (χ1v) is 4.81. The summed E-state index contributed by atoms with van der Waals surface area (Å²) in [6.45, 7) is 3.98. The summed E-state index contributed by atoms with van der Waals surface area (Å²) in [4.78, 5) is 23.8. The van der Waals surface area contributed by atoms with Gasteiger partial charge in [-0.25, -0.2) is 4.79 Å². The van der Waals surface area contributed by atoms with Crippen molar-refractivity contribution in [1.82, 2.24) is 4.90 Å². The standard InChI is InChI=1S/C10H13NO3/c1-2-8(12)11-5-6-3-4-7(6)9(11)10(13)14/h2,6-7,9H,1,3-5H2,(H,13,14)/t6-,7+,9-/m0/s1. The van der Waals surface area contributed by atoms with Gasteiger partial charge in [0.15, 0.2) is 0 Å². The Morgan fingerprint density at radius 3 is 2.57 bits per heavy atom. The summed E-state index contributed by atoms with van der Waals surface area (Å²) in [5.74, 6) is -0.560. The molecule has 4 nitrogen and oxygen atoms in total. The molecular formula is C10H13NO3. The van der Waals surface area contributed by atoms with E-state index in [-0.39, 0.29) is 11.8 Å². The first-order valence-electron chi connectivity index (χ1n) is 4.81. The van der Waals surface area contributed by atoms with Crippen LogP contribution in [0.15, 0.2) is 12.7 Å². The average Bonchev–Trinajstić information content (AvgIpc) is 2.37. The summed E-state index contributed by atoms with van der Waals surface area (Å²) in [6, 6.07) is -0.612. The number of hydrogen-bond donors (Lipinski definition) is 1. The number of fused-ring (bicyclic) bond motifs is 1. The molecule has 0 aromatic rings. The van der Waals surface area contributed by atoms with Crippen LogP contribution in [0, 0.1) is 11.8 Å². The lowest BCUT2D eigenvalue weighted by Crippen LogP contribution is -2.43. The second-order valence-corrected chi connectivity index (χ2v) is 3.98. The van der Waals surface area contributed by atoms with Gasteiger partial charge in [0, 0.05) is 6.54 Å². The van der Waals surface area contributed by atoms with Crippen molar-refractivity contribution in [3.8, 4) is 0 Å². The SMILES string of the molecule is C=CC(=O)N1C[C@@H]2CC[C@H]2[C@H]1C(=O)O. The fraction of sp³-hybridized carbons (Fsp3) is 0.600. The number of carbonyl (C=O) groups excluding carboxylic acids is 1. The number of aliphatic carboxylic acids is 1. The van der Waals surface area contributed by atoms with Crippen molar-refractivity contribution in [1.29, 1.82) is 0 Å². The molecule has 0 radical (unpaired) electrons. The van der Waals surface area contributed by atoms with Crippen molar-refractivity contribution >= 4 is 11.9 Å². The van der Waals surface area contributed by atoms with Crippen LogP contribution in [-0.4, -0.2) is 34.5 Å². The molecule has 2 fully saturated rings. The molecule has 1 aliphatic carbocycles. The molecule has 2 aliphatic rings. The first-order chi connectivity index (χ1) is 6.65. The maximum Gasteiger partial charge on any atom is 0.326 e. The molecule has 1 saturated carbocycles. The number of likely N-dealkylation sites (tertiary alicyclic amines) is 1. The molecule has 76 valence electrons. The molecule has 0 unspecified atom stereocenters. The molecule has 0 spiro atoms. The van der Waals surface area contributed by atoms with E-state index >= 15 is 0 Å². The van der Waals surface area contributed by atoms with Crippen LogP contribution < -0.4 is 0 Å². The lowest BCUT2D eigenvalue weighted by molar-refractivity contribution is -0.148. The Kier molecular flexibility index (Phi) is 2.06. The van der Waals surface area contributed by atoms with E-state index in [0.717, 1.165) is 12.8 Å². The lowest BCUT2D eigenvalue weighted by atomic mass is 9.73. The molecule has 3 atom stereocenters. The highest BCUT2D eigenvalue weighted by Crippen LogP contribution is 2.44. The Balaban J connectivity index is 2.20. The molecule has 1 amide bonds. The van der Waals surface area contributed by atoms with E-state index in [1.807, 2.05) is 0 Å². The Morgan fingerprint density at radius 2 is 2.14 bits per heavy atom. The Labute approximate surface area is 82.2 Å². The lowest BCUT2D eigenvalue weighted by Gasteiger charge is -2.31. The maximum atomic E-state index is 11.4. The van der Waals surface area contributed by atoms with Crippen LogP contribution in [0.4, 0.5) is 0 Å². The first kappa shape index (κ1) is 9.24. The number of carboxylic acids is 1. The summed E-state index contributed by atoms with van der Waals surface area (Å²) in [6.07, 6.45) is 3.18.